The van der Waals surface area contributed by atoms with Gasteiger partial charge in [-0.1, -0.05) is 29.8 Å². The number of fused-ring (bicyclic) bond motifs is 2. The van der Waals surface area contributed by atoms with Crippen molar-refractivity contribution >= 4 is 40.8 Å². The molecule has 1 saturated carbocycles. The highest BCUT2D eigenvalue weighted by molar-refractivity contribution is 6.30. The van der Waals surface area contributed by atoms with Crippen molar-refractivity contribution in [3.05, 3.63) is 70.8 Å². The quantitative estimate of drug-likeness (QED) is 0.621. The first-order valence-corrected chi connectivity index (χ1v) is 10.1. The molecule has 2 aliphatic carbocycles. The molecule has 2 aliphatic rings. The number of hydrogen-bond acceptors (Lipinski definition) is 3. The number of carbonyl (C=O) groups is 3. The first kappa shape index (κ1) is 20.2. The molecule has 2 bridgehead atoms. The summed E-state index contributed by atoms with van der Waals surface area (Å²) in [6.07, 6.45) is 4.55. The molecule has 0 aliphatic heterocycles. The van der Waals surface area contributed by atoms with Gasteiger partial charge in [0.25, 0.3) is 5.91 Å². The number of benzene rings is 2. The van der Waals surface area contributed by atoms with Crippen LogP contribution in [0.2, 0.25) is 5.02 Å². The molecule has 2 aromatic carbocycles. The number of carboxylic acids is 1. The van der Waals surface area contributed by atoms with Crippen LogP contribution in [0.1, 0.15) is 22.3 Å². The Morgan fingerprint density at radius 1 is 0.967 bits per heavy atom. The molecule has 6 nitrogen and oxygen atoms in total. The smallest absolute Gasteiger partial charge is 0.307 e. The monoisotopic (exact) mass is 424 g/mol. The fourth-order valence-corrected chi connectivity index (χ4v) is 4.50. The Hall–Kier alpha value is -3.12. The number of anilines is 2. The van der Waals surface area contributed by atoms with Crippen molar-refractivity contribution in [3.63, 3.8) is 0 Å². The predicted octanol–water partition coefficient (Wildman–Crippen LogP) is 4.36. The van der Waals surface area contributed by atoms with Gasteiger partial charge < -0.3 is 15.7 Å². The Bertz CT molecular complexity index is 1050. The Kier molecular flexibility index (Phi) is 5.35. The summed E-state index contributed by atoms with van der Waals surface area (Å²) in [5.41, 5.74) is 2.37. The van der Waals surface area contributed by atoms with Gasteiger partial charge in [-0.05, 0) is 67.1 Å². The van der Waals surface area contributed by atoms with E-state index in [9.17, 15) is 19.5 Å². The Morgan fingerprint density at radius 2 is 1.63 bits per heavy atom. The second-order valence-corrected chi connectivity index (χ2v) is 8.25. The van der Waals surface area contributed by atoms with Crippen LogP contribution in [0.15, 0.2) is 54.6 Å². The number of carboxylic acid groups (broad SMARTS) is 1. The number of halogens is 1. The van der Waals surface area contributed by atoms with Crippen molar-refractivity contribution in [2.24, 2.45) is 23.7 Å². The van der Waals surface area contributed by atoms with Crippen molar-refractivity contribution in [2.75, 3.05) is 10.6 Å². The van der Waals surface area contributed by atoms with Gasteiger partial charge in [0.1, 0.15) is 0 Å². The van der Waals surface area contributed by atoms with Crippen molar-refractivity contribution in [3.8, 4) is 0 Å². The average Bonchev–Trinajstić information content (AvgIpc) is 3.32. The van der Waals surface area contributed by atoms with Crippen LogP contribution >= 0.6 is 11.6 Å². The predicted molar refractivity (Wildman–Crippen MR) is 115 cm³/mol. The lowest BCUT2D eigenvalue weighted by molar-refractivity contribution is -0.146. The molecule has 0 radical (unpaired) electrons. The van der Waals surface area contributed by atoms with E-state index in [0.717, 1.165) is 5.56 Å². The molecule has 0 saturated heterocycles. The SMILES string of the molecule is Cc1ccc(NC(=O)[C@@H]2[C@@H](C(=O)O)[C@H]3C=C[C@H]2C3)cc1NC(=O)c1ccc(Cl)cc1. The van der Waals surface area contributed by atoms with Crippen LogP contribution in [-0.4, -0.2) is 22.9 Å². The molecule has 1 fully saturated rings. The number of aliphatic carboxylic acids is 1. The minimum absolute atomic E-state index is 0.0503. The molecule has 30 heavy (non-hydrogen) atoms. The van der Waals surface area contributed by atoms with E-state index in [1.54, 1.807) is 42.5 Å². The number of rotatable bonds is 5. The molecule has 0 unspecified atom stereocenters. The van der Waals surface area contributed by atoms with Crippen LogP contribution in [0.4, 0.5) is 11.4 Å². The van der Waals surface area contributed by atoms with E-state index in [4.69, 9.17) is 11.6 Å². The Balaban J connectivity index is 1.50. The lowest BCUT2D eigenvalue weighted by Gasteiger charge is -2.24. The van der Waals surface area contributed by atoms with Gasteiger partial charge >= 0.3 is 5.97 Å². The minimum Gasteiger partial charge on any atom is -0.481 e. The molecule has 0 aromatic heterocycles. The molecule has 2 amide bonds. The Morgan fingerprint density at radius 3 is 2.30 bits per heavy atom. The number of allylic oxidation sites excluding steroid dienone is 2. The maximum absolute atomic E-state index is 12.9. The van der Waals surface area contributed by atoms with Crippen LogP contribution in [-0.2, 0) is 9.59 Å². The molecule has 3 N–H and O–H groups in total. The van der Waals surface area contributed by atoms with E-state index >= 15 is 0 Å². The lowest BCUT2D eigenvalue weighted by Crippen LogP contribution is -2.36. The van der Waals surface area contributed by atoms with Crippen LogP contribution in [0.25, 0.3) is 0 Å². The highest BCUT2D eigenvalue weighted by Gasteiger charge is 2.51. The number of nitrogens with one attached hydrogen (secondary N) is 2. The molecule has 0 spiro atoms. The van der Waals surface area contributed by atoms with Gasteiger partial charge in [0.15, 0.2) is 0 Å². The Labute approximate surface area is 178 Å². The number of carbonyl (C=O) groups excluding carboxylic acids is 2. The zero-order chi connectivity index (χ0) is 21.4. The van der Waals surface area contributed by atoms with Crippen molar-refractivity contribution in [1.82, 2.24) is 0 Å². The van der Waals surface area contributed by atoms with E-state index in [-0.39, 0.29) is 23.7 Å². The third-order valence-corrected chi connectivity index (χ3v) is 6.16. The van der Waals surface area contributed by atoms with Gasteiger partial charge in [0.2, 0.25) is 5.91 Å². The van der Waals surface area contributed by atoms with Crippen LogP contribution < -0.4 is 10.6 Å². The maximum atomic E-state index is 12.9. The zero-order valence-electron chi connectivity index (χ0n) is 16.3. The fraction of sp³-hybridized carbons (Fsp3) is 0.261. The third kappa shape index (κ3) is 3.83. The standard InChI is InChI=1S/C23H21ClN2O4/c1-12-2-9-17(11-18(12)26-21(27)13-5-7-16(24)8-6-13)25-22(28)19-14-3-4-15(10-14)20(19)23(29)30/h2-9,11,14-15,19-20H,10H2,1H3,(H,25,28)(H,26,27)(H,29,30)/t14-,15-,19-,20-/m0/s1. The molecule has 2 aromatic rings. The van der Waals surface area contributed by atoms with E-state index in [1.807, 2.05) is 19.1 Å². The highest BCUT2D eigenvalue weighted by atomic mass is 35.5. The summed E-state index contributed by atoms with van der Waals surface area (Å²) in [6.45, 7) is 1.85. The topological polar surface area (TPSA) is 95.5 Å². The molecule has 4 atom stereocenters. The molecule has 4 rings (SSSR count). The summed E-state index contributed by atoms with van der Waals surface area (Å²) >= 11 is 5.87. The molecular weight excluding hydrogens is 404 g/mol. The van der Waals surface area contributed by atoms with E-state index in [2.05, 4.69) is 10.6 Å². The highest BCUT2D eigenvalue weighted by Crippen LogP contribution is 2.48. The largest absolute Gasteiger partial charge is 0.481 e. The average molecular weight is 425 g/mol. The van der Waals surface area contributed by atoms with Gasteiger partial charge in [-0.2, -0.15) is 0 Å². The zero-order valence-corrected chi connectivity index (χ0v) is 17.0. The lowest BCUT2D eigenvalue weighted by atomic mass is 9.82. The van der Waals surface area contributed by atoms with Crippen molar-refractivity contribution < 1.29 is 19.5 Å². The van der Waals surface area contributed by atoms with Crippen molar-refractivity contribution in [2.45, 2.75) is 13.3 Å². The summed E-state index contributed by atoms with van der Waals surface area (Å²) in [5.74, 6) is -2.96. The number of amides is 2. The molecule has 7 heteroatoms. The second kappa shape index (κ2) is 7.95. The van der Waals surface area contributed by atoms with E-state index in [0.29, 0.717) is 28.4 Å². The van der Waals surface area contributed by atoms with Crippen LogP contribution in [0, 0.1) is 30.6 Å². The van der Waals surface area contributed by atoms with Gasteiger partial charge in [-0.15, -0.1) is 0 Å². The van der Waals surface area contributed by atoms with Crippen LogP contribution in [0.3, 0.4) is 0 Å². The number of hydrogen-bond donors (Lipinski definition) is 3. The summed E-state index contributed by atoms with van der Waals surface area (Å²) in [6, 6.07) is 11.8. The van der Waals surface area contributed by atoms with E-state index < -0.39 is 17.8 Å². The van der Waals surface area contributed by atoms with E-state index in [1.165, 1.54) is 0 Å². The maximum Gasteiger partial charge on any atom is 0.307 e. The van der Waals surface area contributed by atoms with Gasteiger partial charge in [-0.3, -0.25) is 14.4 Å². The van der Waals surface area contributed by atoms with Crippen molar-refractivity contribution in [1.29, 1.82) is 0 Å². The first-order chi connectivity index (χ1) is 14.3. The van der Waals surface area contributed by atoms with Gasteiger partial charge in [0, 0.05) is 22.0 Å². The summed E-state index contributed by atoms with van der Waals surface area (Å²) in [4.78, 5) is 37.1. The van der Waals surface area contributed by atoms with Crippen LogP contribution in [0.5, 0.6) is 0 Å². The third-order valence-electron chi connectivity index (χ3n) is 5.91. The molecule has 154 valence electrons. The second-order valence-electron chi connectivity index (χ2n) is 7.82. The summed E-state index contributed by atoms with van der Waals surface area (Å²) in [5, 5.41) is 15.8. The van der Waals surface area contributed by atoms with Gasteiger partial charge in [-0.25, -0.2) is 0 Å². The molecular formula is C23H21ClN2O4. The first-order valence-electron chi connectivity index (χ1n) is 9.73. The number of aryl methyl sites for hydroxylation is 1. The summed E-state index contributed by atoms with van der Waals surface area (Å²) in [7, 11) is 0. The fourth-order valence-electron chi connectivity index (χ4n) is 4.37. The normalized spacial score (nSPS) is 23.9. The molecule has 0 heterocycles. The van der Waals surface area contributed by atoms with Gasteiger partial charge in [0.05, 0.1) is 11.8 Å². The minimum atomic E-state index is -0.938. The summed E-state index contributed by atoms with van der Waals surface area (Å²) < 4.78 is 0.